The lowest BCUT2D eigenvalue weighted by molar-refractivity contribution is 0.353. The SMILES string of the molecule is CCNC(=NCC1CC1(C)C)N1CCS(=O)(=O)C(C)(C)C1.I. The van der Waals surface area contributed by atoms with Crippen LogP contribution in [0, 0.1) is 11.3 Å². The van der Waals surface area contributed by atoms with Crippen molar-refractivity contribution in [1.29, 1.82) is 0 Å². The van der Waals surface area contributed by atoms with Gasteiger partial charge in [0, 0.05) is 26.2 Å². The Hall–Kier alpha value is -0.0500. The zero-order valence-electron chi connectivity index (χ0n) is 14.3. The molecule has 2 fully saturated rings. The van der Waals surface area contributed by atoms with Gasteiger partial charge in [-0.05, 0) is 38.5 Å². The van der Waals surface area contributed by atoms with E-state index in [9.17, 15) is 8.42 Å². The van der Waals surface area contributed by atoms with Gasteiger partial charge in [0.1, 0.15) is 0 Å². The summed E-state index contributed by atoms with van der Waals surface area (Å²) in [5.41, 5.74) is 0.422. The van der Waals surface area contributed by atoms with Gasteiger partial charge in [-0.15, -0.1) is 24.0 Å². The van der Waals surface area contributed by atoms with Crippen molar-refractivity contribution in [3.63, 3.8) is 0 Å². The van der Waals surface area contributed by atoms with Crippen molar-refractivity contribution in [2.24, 2.45) is 16.3 Å². The molecule has 1 aliphatic carbocycles. The Balaban J connectivity index is 0.00000242. The molecule has 0 aromatic heterocycles. The Labute approximate surface area is 152 Å². The molecule has 0 amide bonds. The van der Waals surface area contributed by atoms with Crippen LogP contribution >= 0.6 is 24.0 Å². The molecule has 0 bridgehead atoms. The third-order valence-corrected chi connectivity index (χ3v) is 7.39. The van der Waals surface area contributed by atoms with E-state index >= 15 is 0 Å². The first-order valence-electron chi connectivity index (χ1n) is 7.84. The number of nitrogens with zero attached hydrogens (tertiary/aromatic N) is 2. The second-order valence-corrected chi connectivity index (χ2v) is 10.3. The Morgan fingerprint density at radius 3 is 2.36 bits per heavy atom. The fourth-order valence-corrected chi connectivity index (χ4v) is 4.20. The third kappa shape index (κ3) is 4.27. The highest BCUT2D eigenvalue weighted by molar-refractivity contribution is 14.0. The zero-order valence-corrected chi connectivity index (χ0v) is 17.5. The monoisotopic (exact) mass is 443 g/mol. The maximum atomic E-state index is 12.1. The van der Waals surface area contributed by atoms with Crippen LogP contribution in [0.3, 0.4) is 0 Å². The standard InChI is InChI=1S/C15H29N3O2S.HI/c1-6-16-13(17-10-12-9-14(12,2)3)18-7-8-21(19,20)15(4,5)11-18;/h12H,6-11H2,1-5H3,(H,16,17);1H. The number of guanidine groups is 1. The van der Waals surface area contributed by atoms with Gasteiger partial charge in [-0.2, -0.15) is 0 Å². The average Bonchev–Trinajstić information content (AvgIpc) is 2.96. The number of aliphatic imine (C=N–C) groups is 1. The molecule has 0 aromatic carbocycles. The summed E-state index contributed by atoms with van der Waals surface area (Å²) in [6.07, 6.45) is 1.23. The second kappa shape index (κ2) is 6.83. The Bertz CT molecular complexity index is 529. The number of rotatable bonds is 3. The van der Waals surface area contributed by atoms with Gasteiger partial charge in [-0.3, -0.25) is 4.99 Å². The van der Waals surface area contributed by atoms with E-state index in [1.54, 1.807) is 0 Å². The molecule has 7 heteroatoms. The van der Waals surface area contributed by atoms with Crippen LogP contribution in [0.1, 0.15) is 41.0 Å². The van der Waals surface area contributed by atoms with E-state index in [0.717, 1.165) is 19.0 Å². The van der Waals surface area contributed by atoms with E-state index in [4.69, 9.17) is 4.99 Å². The molecule has 1 aliphatic heterocycles. The first-order chi connectivity index (χ1) is 9.59. The van der Waals surface area contributed by atoms with Gasteiger partial charge in [0.2, 0.25) is 0 Å². The Kier molecular flexibility index (Phi) is 6.20. The van der Waals surface area contributed by atoms with Crippen LogP contribution in [0.15, 0.2) is 4.99 Å². The minimum atomic E-state index is -3.00. The van der Waals surface area contributed by atoms with Gasteiger partial charge in [0.25, 0.3) is 0 Å². The van der Waals surface area contributed by atoms with Crippen LogP contribution in [0.4, 0.5) is 0 Å². The van der Waals surface area contributed by atoms with Crippen molar-refractivity contribution in [3.05, 3.63) is 0 Å². The fourth-order valence-electron chi connectivity index (χ4n) is 2.83. The minimum absolute atomic E-state index is 0. The number of hydrogen-bond acceptors (Lipinski definition) is 3. The van der Waals surface area contributed by atoms with Gasteiger partial charge in [0.15, 0.2) is 15.8 Å². The molecule has 1 saturated carbocycles. The molecular weight excluding hydrogens is 413 g/mol. The predicted molar refractivity (Wildman–Crippen MR) is 103 cm³/mol. The molecule has 1 N–H and O–H groups in total. The summed E-state index contributed by atoms with van der Waals surface area (Å²) >= 11 is 0. The van der Waals surface area contributed by atoms with E-state index < -0.39 is 14.6 Å². The number of nitrogens with one attached hydrogen (secondary N) is 1. The van der Waals surface area contributed by atoms with Crippen LogP contribution in [-0.4, -0.2) is 56.0 Å². The smallest absolute Gasteiger partial charge is 0.194 e. The highest BCUT2D eigenvalue weighted by atomic mass is 127. The van der Waals surface area contributed by atoms with Crippen molar-refractivity contribution < 1.29 is 8.42 Å². The molecule has 0 aromatic rings. The Morgan fingerprint density at radius 2 is 1.91 bits per heavy atom. The lowest BCUT2D eigenvalue weighted by Crippen LogP contribution is -2.57. The summed E-state index contributed by atoms with van der Waals surface area (Å²) < 4.78 is 23.5. The molecular formula is C15H30IN3O2S. The summed E-state index contributed by atoms with van der Waals surface area (Å²) in [6, 6.07) is 0. The highest BCUT2D eigenvalue weighted by Crippen LogP contribution is 2.51. The molecule has 1 saturated heterocycles. The van der Waals surface area contributed by atoms with E-state index in [1.165, 1.54) is 6.42 Å². The average molecular weight is 443 g/mol. The van der Waals surface area contributed by atoms with Gasteiger partial charge in [0.05, 0.1) is 10.5 Å². The highest BCUT2D eigenvalue weighted by Gasteiger charge is 2.45. The van der Waals surface area contributed by atoms with E-state index in [2.05, 4.69) is 24.1 Å². The maximum Gasteiger partial charge on any atom is 0.194 e. The molecule has 1 heterocycles. The van der Waals surface area contributed by atoms with E-state index in [0.29, 0.717) is 24.4 Å². The summed E-state index contributed by atoms with van der Waals surface area (Å²) in [6.45, 7) is 12.9. The lowest BCUT2D eigenvalue weighted by Gasteiger charge is -2.39. The van der Waals surface area contributed by atoms with Crippen LogP contribution in [0.5, 0.6) is 0 Å². The van der Waals surface area contributed by atoms with Crippen molar-refractivity contribution in [2.75, 3.05) is 31.9 Å². The number of halogens is 1. The number of sulfone groups is 1. The first-order valence-corrected chi connectivity index (χ1v) is 9.50. The van der Waals surface area contributed by atoms with Gasteiger partial charge in [-0.1, -0.05) is 13.8 Å². The van der Waals surface area contributed by atoms with Crippen molar-refractivity contribution in [3.8, 4) is 0 Å². The van der Waals surface area contributed by atoms with E-state index in [1.807, 2.05) is 20.8 Å². The van der Waals surface area contributed by atoms with Crippen molar-refractivity contribution in [1.82, 2.24) is 10.2 Å². The van der Waals surface area contributed by atoms with Gasteiger partial charge >= 0.3 is 0 Å². The lowest BCUT2D eigenvalue weighted by atomic mass is 10.1. The molecule has 5 nitrogen and oxygen atoms in total. The summed E-state index contributed by atoms with van der Waals surface area (Å²) in [7, 11) is -3.00. The minimum Gasteiger partial charge on any atom is -0.357 e. The molecule has 0 radical (unpaired) electrons. The quantitative estimate of drug-likeness (QED) is 0.413. The van der Waals surface area contributed by atoms with Gasteiger partial charge < -0.3 is 10.2 Å². The van der Waals surface area contributed by atoms with E-state index in [-0.39, 0.29) is 29.7 Å². The molecule has 1 atom stereocenters. The predicted octanol–water partition coefficient (Wildman–Crippen LogP) is 2.13. The van der Waals surface area contributed by atoms with Crippen molar-refractivity contribution >= 4 is 39.8 Å². The van der Waals surface area contributed by atoms with Gasteiger partial charge in [-0.25, -0.2) is 8.42 Å². The van der Waals surface area contributed by atoms with Crippen LogP contribution in [-0.2, 0) is 9.84 Å². The van der Waals surface area contributed by atoms with Crippen LogP contribution < -0.4 is 5.32 Å². The van der Waals surface area contributed by atoms with Crippen molar-refractivity contribution in [2.45, 2.75) is 45.8 Å². The molecule has 130 valence electrons. The summed E-state index contributed by atoms with van der Waals surface area (Å²) in [5, 5.41) is 3.31. The molecule has 1 unspecified atom stereocenters. The molecule has 2 aliphatic rings. The molecule has 22 heavy (non-hydrogen) atoms. The summed E-state index contributed by atoms with van der Waals surface area (Å²) in [5.74, 6) is 1.73. The zero-order chi connectivity index (χ0) is 15.9. The normalized spacial score (nSPS) is 28.7. The third-order valence-electron chi connectivity index (χ3n) is 4.86. The molecule has 2 rings (SSSR count). The largest absolute Gasteiger partial charge is 0.357 e. The Morgan fingerprint density at radius 1 is 1.32 bits per heavy atom. The second-order valence-electron chi connectivity index (χ2n) is 7.58. The first kappa shape index (κ1) is 20.0. The molecule has 0 spiro atoms. The topological polar surface area (TPSA) is 61.8 Å². The fraction of sp³-hybridized carbons (Fsp3) is 0.933. The van der Waals surface area contributed by atoms with Crippen LogP contribution in [0.25, 0.3) is 0 Å². The summed E-state index contributed by atoms with van der Waals surface area (Å²) in [4.78, 5) is 6.84. The van der Waals surface area contributed by atoms with Crippen LogP contribution in [0.2, 0.25) is 0 Å². The maximum absolute atomic E-state index is 12.1. The number of hydrogen-bond donors (Lipinski definition) is 1.